The molecule has 0 aromatic rings. The smallest absolute Gasteiger partial charge is 0.0362 e. The lowest BCUT2D eigenvalue weighted by molar-refractivity contribution is 0.427. The molecule has 1 heterocycles. The van der Waals surface area contributed by atoms with Crippen LogP contribution in [0.1, 0.15) is 13.3 Å². The van der Waals surface area contributed by atoms with Gasteiger partial charge in [-0.3, -0.25) is 0 Å². The summed E-state index contributed by atoms with van der Waals surface area (Å²) in [6.45, 7) is 6.98. The Kier molecular flexibility index (Phi) is 2.53. The van der Waals surface area contributed by atoms with Gasteiger partial charge in [-0.25, -0.2) is 0 Å². The summed E-state index contributed by atoms with van der Waals surface area (Å²) in [5, 5.41) is 0. The minimum Gasteiger partial charge on any atom is -0.374 e. The van der Waals surface area contributed by atoms with Gasteiger partial charge in [-0.2, -0.15) is 0 Å². The summed E-state index contributed by atoms with van der Waals surface area (Å²) >= 11 is 0. The van der Waals surface area contributed by atoms with Crippen LogP contribution in [0.3, 0.4) is 0 Å². The van der Waals surface area contributed by atoms with Crippen molar-refractivity contribution < 1.29 is 0 Å². The molecule has 0 aromatic heterocycles. The first-order valence-corrected chi connectivity index (χ1v) is 3.95. The van der Waals surface area contributed by atoms with Crippen LogP contribution < -0.4 is 0 Å². The number of allylic oxidation sites excluding steroid dienone is 3. The molecule has 0 unspecified atom stereocenters. The Morgan fingerprint density at radius 1 is 1.73 bits per heavy atom. The average molecular weight is 149 g/mol. The second-order valence-electron chi connectivity index (χ2n) is 3.03. The van der Waals surface area contributed by atoms with Crippen molar-refractivity contribution in [2.45, 2.75) is 13.3 Å². The first kappa shape index (κ1) is 8.12. The van der Waals surface area contributed by atoms with E-state index in [0.29, 0.717) is 0 Å². The first-order chi connectivity index (χ1) is 5.20. The van der Waals surface area contributed by atoms with Crippen LogP contribution in [0.5, 0.6) is 0 Å². The SMILES string of the molecule is C=C(C)/C=C1/C=CCCN1C. The van der Waals surface area contributed by atoms with Crippen molar-refractivity contribution in [2.24, 2.45) is 0 Å². The van der Waals surface area contributed by atoms with Gasteiger partial charge in [0.25, 0.3) is 0 Å². The van der Waals surface area contributed by atoms with Crippen molar-refractivity contribution in [1.29, 1.82) is 0 Å². The highest BCUT2D eigenvalue weighted by Crippen LogP contribution is 2.12. The molecule has 0 fully saturated rings. The van der Waals surface area contributed by atoms with E-state index in [9.17, 15) is 0 Å². The molecule has 0 N–H and O–H groups in total. The third-order valence-corrected chi connectivity index (χ3v) is 1.75. The molecule has 0 atom stereocenters. The predicted octanol–water partition coefficient (Wildman–Crippen LogP) is 2.34. The molecule has 1 rings (SSSR count). The molecule has 0 aromatic carbocycles. The van der Waals surface area contributed by atoms with Crippen LogP contribution in [0.15, 0.2) is 36.1 Å². The number of hydrogen-bond donors (Lipinski definition) is 0. The highest BCUT2D eigenvalue weighted by Gasteiger charge is 2.03. The molecule has 1 heteroatoms. The summed E-state index contributed by atoms with van der Waals surface area (Å²) in [5.74, 6) is 0. The normalized spacial score (nSPS) is 20.9. The molecule has 0 radical (unpaired) electrons. The van der Waals surface area contributed by atoms with Crippen molar-refractivity contribution in [3.63, 3.8) is 0 Å². The van der Waals surface area contributed by atoms with E-state index >= 15 is 0 Å². The van der Waals surface area contributed by atoms with E-state index in [2.05, 4.69) is 36.8 Å². The first-order valence-electron chi connectivity index (χ1n) is 3.95. The van der Waals surface area contributed by atoms with Crippen molar-refractivity contribution in [1.82, 2.24) is 4.90 Å². The maximum atomic E-state index is 3.85. The van der Waals surface area contributed by atoms with Gasteiger partial charge in [-0.05, 0) is 25.5 Å². The fraction of sp³-hybridized carbons (Fsp3) is 0.400. The monoisotopic (exact) mass is 149 g/mol. The number of likely N-dealkylation sites (N-methyl/N-ethyl adjacent to an activating group) is 1. The lowest BCUT2D eigenvalue weighted by Crippen LogP contribution is -2.20. The molecule has 0 aliphatic carbocycles. The largest absolute Gasteiger partial charge is 0.374 e. The summed E-state index contributed by atoms with van der Waals surface area (Å²) in [7, 11) is 2.11. The zero-order valence-electron chi connectivity index (χ0n) is 7.30. The second kappa shape index (κ2) is 3.42. The Morgan fingerprint density at radius 2 is 2.45 bits per heavy atom. The van der Waals surface area contributed by atoms with Gasteiger partial charge in [0.15, 0.2) is 0 Å². The van der Waals surface area contributed by atoms with Gasteiger partial charge in [0.2, 0.25) is 0 Å². The van der Waals surface area contributed by atoms with E-state index in [1.54, 1.807) is 0 Å². The third-order valence-electron chi connectivity index (χ3n) is 1.75. The molecular weight excluding hydrogens is 134 g/mol. The van der Waals surface area contributed by atoms with E-state index in [-0.39, 0.29) is 0 Å². The highest BCUT2D eigenvalue weighted by atomic mass is 15.1. The second-order valence-corrected chi connectivity index (χ2v) is 3.03. The summed E-state index contributed by atoms with van der Waals surface area (Å²) < 4.78 is 0. The van der Waals surface area contributed by atoms with Crippen molar-refractivity contribution in [2.75, 3.05) is 13.6 Å². The standard InChI is InChI=1S/C10H15N/c1-9(2)8-10-6-4-5-7-11(10)3/h4,6,8H,1,5,7H2,2-3H3/b10-8-. The molecule has 1 aliphatic heterocycles. The Morgan fingerprint density at radius 3 is 3.00 bits per heavy atom. The molecule has 1 nitrogen and oxygen atoms in total. The lowest BCUT2D eigenvalue weighted by atomic mass is 10.2. The summed E-state index contributed by atoms with van der Waals surface area (Å²) in [6.07, 6.45) is 7.62. The van der Waals surface area contributed by atoms with Crippen LogP contribution in [-0.2, 0) is 0 Å². The molecule has 0 saturated heterocycles. The summed E-state index contributed by atoms with van der Waals surface area (Å²) in [6, 6.07) is 0. The van der Waals surface area contributed by atoms with E-state index in [0.717, 1.165) is 18.5 Å². The fourth-order valence-electron chi connectivity index (χ4n) is 1.14. The van der Waals surface area contributed by atoms with Crippen LogP contribution in [0.4, 0.5) is 0 Å². The van der Waals surface area contributed by atoms with Gasteiger partial charge in [-0.1, -0.05) is 18.2 Å². The molecule has 11 heavy (non-hydrogen) atoms. The molecule has 60 valence electrons. The number of hydrogen-bond acceptors (Lipinski definition) is 1. The van der Waals surface area contributed by atoms with Gasteiger partial charge in [0.1, 0.15) is 0 Å². The Labute approximate surface area is 68.7 Å². The van der Waals surface area contributed by atoms with Gasteiger partial charge in [-0.15, -0.1) is 0 Å². The van der Waals surface area contributed by atoms with Gasteiger partial charge >= 0.3 is 0 Å². The predicted molar refractivity (Wildman–Crippen MR) is 49.3 cm³/mol. The van der Waals surface area contributed by atoms with Crippen molar-refractivity contribution in [3.05, 3.63) is 36.1 Å². The van der Waals surface area contributed by atoms with E-state index < -0.39 is 0 Å². The highest BCUT2D eigenvalue weighted by molar-refractivity contribution is 5.27. The topological polar surface area (TPSA) is 3.24 Å². The van der Waals surface area contributed by atoms with Crippen LogP contribution >= 0.6 is 0 Å². The molecular formula is C10H15N. The summed E-state index contributed by atoms with van der Waals surface area (Å²) in [4.78, 5) is 2.24. The number of nitrogens with zero attached hydrogens (tertiary/aromatic N) is 1. The van der Waals surface area contributed by atoms with Crippen molar-refractivity contribution >= 4 is 0 Å². The maximum absolute atomic E-state index is 3.85. The van der Waals surface area contributed by atoms with Crippen LogP contribution in [0.25, 0.3) is 0 Å². The zero-order valence-corrected chi connectivity index (χ0v) is 7.30. The third kappa shape index (κ3) is 2.26. The average Bonchev–Trinajstić information content (AvgIpc) is 1.93. The van der Waals surface area contributed by atoms with Crippen LogP contribution in [0.2, 0.25) is 0 Å². The lowest BCUT2D eigenvalue weighted by Gasteiger charge is -2.23. The van der Waals surface area contributed by atoms with Crippen LogP contribution in [0, 0.1) is 0 Å². The van der Waals surface area contributed by atoms with E-state index in [4.69, 9.17) is 0 Å². The Bertz CT molecular complexity index is 211. The van der Waals surface area contributed by atoms with Gasteiger partial charge in [0.05, 0.1) is 0 Å². The Hall–Kier alpha value is -0.980. The quantitative estimate of drug-likeness (QED) is 0.553. The minimum atomic E-state index is 1.11. The van der Waals surface area contributed by atoms with E-state index in [1.165, 1.54) is 5.70 Å². The van der Waals surface area contributed by atoms with Gasteiger partial charge < -0.3 is 4.90 Å². The van der Waals surface area contributed by atoms with Gasteiger partial charge in [0, 0.05) is 19.3 Å². The van der Waals surface area contributed by atoms with Crippen molar-refractivity contribution in [3.8, 4) is 0 Å². The Balaban J connectivity index is 2.76. The molecule has 0 saturated carbocycles. The van der Waals surface area contributed by atoms with Crippen LogP contribution in [-0.4, -0.2) is 18.5 Å². The zero-order chi connectivity index (χ0) is 8.27. The molecule has 1 aliphatic rings. The summed E-state index contributed by atoms with van der Waals surface area (Å²) in [5.41, 5.74) is 2.38. The molecule has 0 spiro atoms. The van der Waals surface area contributed by atoms with E-state index in [1.807, 2.05) is 6.92 Å². The minimum absolute atomic E-state index is 1.11. The molecule has 0 amide bonds. The maximum Gasteiger partial charge on any atom is 0.0362 e. The molecule has 0 bridgehead atoms. The number of rotatable bonds is 1. The fourth-order valence-corrected chi connectivity index (χ4v) is 1.14.